The molecule has 2 aromatic rings. The van der Waals surface area contributed by atoms with Gasteiger partial charge in [-0.05, 0) is 49.2 Å². The maximum absolute atomic E-state index is 8.77. The number of hydrogen-bond donors (Lipinski definition) is 2. The third-order valence-corrected chi connectivity index (χ3v) is 3.38. The first-order chi connectivity index (χ1) is 9.52. The lowest BCUT2D eigenvalue weighted by Gasteiger charge is -2.11. The maximum atomic E-state index is 8.77. The summed E-state index contributed by atoms with van der Waals surface area (Å²) in [5.41, 5.74) is 7.82. The lowest BCUT2D eigenvalue weighted by Crippen LogP contribution is -2.14. The maximum Gasteiger partial charge on any atom is 0.230 e. The van der Waals surface area contributed by atoms with Crippen LogP contribution in [0.5, 0.6) is 11.6 Å². The van der Waals surface area contributed by atoms with Crippen molar-refractivity contribution < 1.29 is 9.94 Å². The molecule has 0 saturated heterocycles. The van der Waals surface area contributed by atoms with Crippen LogP contribution >= 0.6 is 11.6 Å². The summed E-state index contributed by atoms with van der Waals surface area (Å²) in [7, 11) is 0. The van der Waals surface area contributed by atoms with Gasteiger partial charge in [-0.1, -0.05) is 16.8 Å². The Morgan fingerprint density at radius 3 is 2.60 bits per heavy atom. The van der Waals surface area contributed by atoms with E-state index in [1.807, 2.05) is 13.8 Å². The monoisotopic (exact) mass is 291 g/mol. The molecule has 1 aromatic carbocycles. The molecule has 0 aliphatic rings. The molecule has 5 nitrogen and oxygen atoms in total. The van der Waals surface area contributed by atoms with Crippen LogP contribution in [0.1, 0.15) is 16.7 Å². The van der Waals surface area contributed by atoms with Gasteiger partial charge in [-0.25, -0.2) is 4.98 Å². The van der Waals surface area contributed by atoms with E-state index in [4.69, 9.17) is 27.3 Å². The highest BCUT2D eigenvalue weighted by molar-refractivity contribution is 6.32. The number of nitrogens with zero attached hydrogens (tertiary/aromatic N) is 2. The highest BCUT2D eigenvalue weighted by Gasteiger charge is 2.11. The minimum Gasteiger partial charge on any atom is -0.438 e. The zero-order chi connectivity index (χ0) is 14.7. The molecule has 0 unspecified atom stereocenters. The number of oxime groups is 1. The van der Waals surface area contributed by atoms with E-state index < -0.39 is 0 Å². The molecule has 2 rings (SSSR count). The van der Waals surface area contributed by atoms with Crippen LogP contribution in [-0.4, -0.2) is 16.0 Å². The fourth-order valence-corrected chi connectivity index (χ4v) is 1.91. The van der Waals surface area contributed by atoms with Gasteiger partial charge in [-0.2, -0.15) is 0 Å². The molecule has 0 spiro atoms. The van der Waals surface area contributed by atoms with Gasteiger partial charge < -0.3 is 15.7 Å². The topological polar surface area (TPSA) is 80.7 Å². The van der Waals surface area contributed by atoms with E-state index in [-0.39, 0.29) is 11.7 Å². The molecule has 0 amide bonds. The van der Waals surface area contributed by atoms with Crippen molar-refractivity contribution in [3.05, 3.63) is 52.2 Å². The largest absolute Gasteiger partial charge is 0.438 e. The fraction of sp³-hybridized carbons (Fsp3) is 0.143. The Morgan fingerprint density at radius 1 is 1.35 bits per heavy atom. The summed E-state index contributed by atoms with van der Waals surface area (Å²) < 4.78 is 5.71. The Hall–Kier alpha value is -2.27. The smallest absolute Gasteiger partial charge is 0.230 e. The van der Waals surface area contributed by atoms with Gasteiger partial charge in [0.25, 0.3) is 0 Å². The number of aromatic nitrogens is 1. The van der Waals surface area contributed by atoms with E-state index in [0.29, 0.717) is 16.3 Å². The molecule has 104 valence electrons. The summed E-state index contributed by atoms with van der Waals surface area (Å²) >= 11 is 6.11. The lowest BCUT2D eigenvalue weighted by molar-refractivity contribution is 0.318. The first-order valence-electron chi connectivity index (χ1n) is 5.90. The minimum absolute atomic E-state index is 0.0597. The Bertz CT molecular complexity index is 648. The molecule has 0 radical (unpaired) electrons. The minimum atomic E-state index is -0.0597. The summed E-state index contributed by atoms with van der Waals surface area (Å²) in [6.45, 7) is 3.79. The van der Waals surface area contributed by atoms with Gasteiger partial charge in [0.2, 0.25) is 5.88 Å². The van der Waals surface area contributed by atoms with Gasteiger partial charge in [-0.3, -0.25) is 0 Å². The van der Waals surface area contributed by atoms with Crippen LogP contribution in [0.25, 0.3) is 0 Å². The molecule has 3 N–H and O–H groups in total. The zero-order valence-corrected chi connectivity index (χ0v) is 11.8. The van der Waals surface area contributed by atoms with Crippen LogP contribution in [0, 0.1) is 13.8 Å². The highest BCUT2D eigenvalue weighted by Crippen LogP contribution is 2.29. The number of ether oxygens (including phenoxy) is 1. The second-order valence-electron chi connectivity index (χ2n) is 4.31. The number of aryl methyl sites for hydroxylation is 2. The van der Waals surface area contributed by atoms with E-state index in [1.54, 1.807) is 30.5 Å². The summed E-state index contributed by atoms with van der Waals surface area (Å²) in [6, 6.07) is 6.95. The van der Waals surface area contributed by atoms with Gasteiger partial charge in [-0.15, -0.1) is 0 Å². The quantitative estimate of drug-likeness (QED) is 0.394. The Kier molecular flexibility index (Phi) is 4.10. The van der Waals surface area contributed by atoms with Gasteiger partial charge in [0.1, 0.15) is 5.75 Å². The van der Waals surface area contributed by atoms with Gasteiger partial charge in [0.05, 0.1) is 5.56 Å². The molecular weight excluding hydrogens is 278 g/mol. The molecule has 6 heteroatoms. The Morgan fingerprint density at radius 2 is 2.00 bits per heavy atom. The molecule has 1 heterocycles. The second-order valence-corrected chi connectivity index (χ2v) is 4.69. The number of benzene rings is 1. The van der Waals surface area contributed by atoms with Gasteiger partial charge in [0.15, 0.2) is 5.84 Å². The molecule has 20 heavy (non-hydrogen) atoms. The second kappa shape index (κ2) is 5.79. The van der Waals surface area contributed by atoms with Crippen molar-refractivity contribution in [2.75, 3.05) is 0 Å². The SMILES string of the molecule is Cc1cc(Oc2ncccc2/C(N)=N/O)cc(C)c1Cl. The first kappa shape index (κ1) is 14.1. The number of pyridine rings is 1. The van der Waals surface area contributed by atoms with Crippen LogP contribution in [0.2, 0.25) is 5.02 Å². The summed E-state index contributed by atoms with van der Waals surface area (Å²) in [4.78, 5) is 4.10. The molecule has 0 atom stereocenters. The van der Waals surface area contributed by atoms with Gasteiger partial charge in [0, 0.05) is 11.2 Å². The van der Waals surface area contributed by atoms with Gasteiger partial charge >= 0.3 is 0 Å². The van der Waals surface area contributed by atoms with Crippen molar-refractivity contribution in [2.24, 2.45) is 10.9 Å². The van der Waals surface area contributed by atoms with E-state index in [1.165, 1.54) is 0 Å². The summed E-state index contributed by atoms with van der Waals surface area (Å²) in [5.74, 6) is 0.800. The molecule has 0 saturated carbocycles. The average molecular weight is 292 g/mol. The van der Waals surface area contributed by atoms with E-state index in [0.717, 1.165) is 11.1 Å². The Labute approximate surface area is 121 Å². The first-order valence-corrected chi connectivity index (χ1v) is 6.28. The predicted molar refractivity (Wildman–Crippen MR) is 77.7 cm³/mol. The van der Waals surface area contributed by atoms with Crippen LogP contribution in [0.4, 0.5) is 0 Å². The number of amidine groups is 1. The molecule has 0 aliphatic heterocycles. The summed E-state index contributed by atoms with van der Waals surface area (Å²) in [5, 5.41) is 12.4. The normalized spacial score (nSPS) is 11.4. The molecule has 1 aromatic heterocycles. The van der Waals surface area contributed by atoms with E-state index >= 15 is 0 Å². The third kappa shape index (κ3) is 2.83. The van der Waals surface area contributed by atoms with Crippen molar-refractivity contribution in [3.8, 4) is 11.6 Å². The zero-order valence-electron chi connectivity index (χ0n) is 11.1. The highest BCUT2D eigenvalue weighted by atomic mass is 35.5. The number of nitrogens with two attached hydrogens (primary N) is 1. The van der Waals surface area contributed by atoms with E-state index in [9.17, 15) is 0 Å². The number of halogens is 1. The van der Waals surface area contributed by atoms with Crippen molar-refractivity contribution in [2.45, 2.75) is 13.8 Å². The Balaban J connectivity index is 2.41. The number of rotatable bonds is 3. The predicted octanol–water partition coefficient (Wildman–Crippen LogP) is 3.24. The molecule has 0 bridgehead atoms. The lowest BCUT2D eigenvalue weighted by atomic mass is 10.1. The van der Waals surface area contributed by atoms with Crippen molar-refractivity contribution >= 4 is 17.4 Å². The average Bonchev–Trinajstić information content (AvgIpc) is 2.44. The standard InChI is InChI=1S/C14H14ClN3O2/c1-8-6-10(7-9(2)12(8)15)20-14-11(13(16)18-19)4-3-5-17-14/h3-7,19H,1-2H3,(H2,16,18). The van der Waals surface area contributed by atoms with Crippen molar-refractivity contribution in [1.29, 1.82) is 0 Å². The van der Waals surface area contributed by atoms with E-state index in [2.05, 4.69) is 10.1 Å². The van der Waals surface area contributed by atoms with Crippen LogP contribution in [0.3, 0.4) is 0 Å². The number of hydrogen-bond acceptors (Lipinski definition) is 4. The van der Waals surface area contributed by atoms with Crippen molar-refractivity contribution in [1.82, 2.24) is 4.98 Å². The summed E-state index contributed by atoms with van der Waals surface area (Å²) in [6.07, 6.45) is 1.57. The molecule has 0 aliphatic carbocycles. The van der Waals surface area contributed by atoms with Crippen LogP contribution in [-0.2, 0) is 0 Å². The van der Waals surface area contributed by atoms with Crippen LogP contribution < -0.4 is 10.5 Å². The van der Waals surface area contributed by atoms with Crippen molar-refractivity contribution in [3.63, 3.8) is 0 Å². The molecule has 0 fully saturated rings. The van der Waals surface area contributed by atoms with Crippen LogP contribution in [0.15, 0.2) is 35.6 Å². The fourth-order valence-electron chi connectivity index (χ4n) is 1.80. The third-order valence-electron chi connectivity index (χ3n) is 2.78. The molecular formula is C14H14ClN3O2.